The van der Waals surface area contributed by atoms with Crippen molar-refractivity contribution in [2.75, 3.05) is 13.1 Å². The third kappa shape index (κ3) is 3.23. The van der Waals surface area contributed by atoms with Gasteiger partial charge in [-0.05, 0) is 18.8 Å². The van der Waals surface area contributed by atoms with Crippen molar-refractivity contribution in [2.45, 2.75) is 40.0 Å². The first-order valence-corrected chi connectivity index (χ1v) is 5.61. The van der Waals surface area contributed by atoms with Crippen LogP contribution >= 0.6 is 0 Å². The molecule has 1 amide bonds. The fourth-order valence-electron chi connectivity index (χ4n) is 1.94. The van der Waals surface area contributed by atoms with Gasteiger partial charge in [-0.2, -0.15) is 5.26 Å². The Bertz CT molecular complexity index is 264. The summed E-state index contributed by atoms with van der Waals surface area (Å²) in [5, 5.41) is 8.59. The van der Waals surface area contributed by atoms with Crippen LogP contribution in [0.25, 0.3) is 0 Å². The maximum atomic E-state index is 11.9. The first-order chi connectivity index (χ1) is 6.95. The molecule has 15 heavy (non-hydrogen) atoms. The molecule has 0 saturated carbocycles. The summed E-state index contributed by atoms with van der Waals surface area (Å²) in [7, 11) is 0. The van der Waals surface area contributed by atoms with Crippen LogP contribution in [0.15, 0.2) is 0 Å². The van der Waals surface area contributed by atoms with Gasteiger partial charge in [-0.25, -0.2) is 0 Å². The predicted molar refractivity (Wildman–Crippen MR) is 59.0 cm³/mol. The van der Waals surface area contributed by atoms with Crippen molar-refractivity contribution in [3.05, 3.63) is 0 Å². The zero-order chi connectivity index (χ0) is 11.5. The lowest BCUT2D eigenvalue weighted by Crippen LogP contribution is -2.44. The van der Waals surface area contributed by atoms with E-state index in [2.05, 4.69) is 6.07 Å². The van der Waals surface area contributed by atoms with Crippen molar-refractivity contribution in [2.24, 2.45) is 11.3 Å². The van der Waals surface area contributed by atoms with Gasteiger partial charge in [0.15, 0.2) is 0 Å². The Hall–Kier alpha value is -1.04. The Morgan fingerprint density at radius 1 is 1.40 bits per heavy atom. The number of hydrogen-bond acceptors (Lipinski definition) is 2. The van der Waals surface area contributed by atoms with Gasteiger partial charge in [0.05, 0.1) is 6.07 Å². The Morgan fingerprint density at radius 3 is 2.33 bits per heavy atom. The van der Waals surface area contributed by atoms with Crippen LogP contribution in [-0.2, 0) is 4.79 Å². The standard InChI is InChI=1S/C12H20N2O/c1-12(2,3)11(15)14-8-5-10(4-7-13)6-9-14/h10H,4-6,8-9H2,1-3H3. The second-order valence-electron chi connectivity index (χ2n) is 5.35. The van der Waals surface area contributed by atoms with E-state index in [-0.39, 0.29) is 11.3 Å². The molecule has 1 heterocycles. The zero-order valence-electron chi connectivity index (χ0n) is 9.92. The number of likely N-dealkylation sites (tertiary alicyclic amines) is 1. The Labute approximate surface area is 92.1 Å². The minimum absolute atomic E-state index is 0.234. The van der Waals surface area contributed by atoms with E-state index in [1.54, 1.807) is 0 Å². The molecule has 0 unspecified atom stereocenters. The summed E-state index contributed by atoms with van der Waals surface area (Å²) in [6.45, 7) is 7.51. The molecule has 0 atom stereocenters. The van der Waals surface area contributed by atoms with E-state index >= 15 is 0 Å². The molecule has 0 N–H and O–H groups in total. The summed E-state index contributed by atoms with van der Waals surface area (Å²) in [5.74, 6) is 0.733. The molecule has 1 aliphatic rings. The van der Waals surface area contributed by atoms with Crippen molar-refractivity contribution in [1.29, 1.82) is 5.26 Å². The smallest absolute Gasteiger partial charge is 0.227 e. The van der Waals surface area contributed by atoms with Gasteiger partial charge in [-0.3, -0.25) is 4.79 Å². The number of nitrogens with zero attached hydrogens (tertiary/aromatic N) is 2. The lowest BCUT2D eigenvalue weighted by atomic mass is 9.90. The Morgan fingerprint density at radius 2 is 1.93 bits per heavy atom. The molecule has 0 spiro atoms. The van der Waals surface area contributed by atoms with E-state index in [0.717, 1.165) is 25.9 Å². The van der Waals surface area contributed by atoms with E-state index in [0.29, 0.717) is 12.3 Å². The number of nitriles is 1. The lowest BCUT2D eigenvalue weighted by molar-refractivity contribution is -0.140. The summed E-state index contributed by atoms with van der Waals surface area (Å²) >= 11 is 0. The quantitative estimate of drug-likeness (QED) is 0.663. The third-order valence-corrected chi connectivity index (χ3v) is 2.92. The third-order valence-electron chi connectivity index (χ3n) is 2.92. The summed E-state index contributed by atoms with van der Waals surface area (Å²) in [6, 6.07) is 2.21. The largest absolute Gasteiger partial charge is 0.342 e. The van der Waals surface area contributed by atoms with Crippen LogP contribution < -0.4 is 0 Å². The molecule has 1 saturated heterocycles. The first-order valence-electron chi connectivity index (χ1n) is 5.61. The highest BCUT2D eigenvalue weighted by molar-refractivity contribution is 5.81. The molecule has 1 aliphatic heterocycles. The topological polar surface area (TPSA) is 44.1 Å². The minimum Gasteiger partial charge on any atom is -0.342 e. The van der Waals surface area contributed by atoms with Crippen LogP contribution in [0.4, 0.5) is 0 Å². The molecule has 0 aromatic carbocycles. The van der Waals surface area contributed by atoms with E-state index in [9.17, 15) is 4.79 Å². The summed E-state index contributed by atoms with van der Waals surface area (Å²) in [5.41, 5.74) is -0.276. The van der Waals surface area contributed by atoms with Crippen LogP contribution in [0.5, 0.6) is 0 Å². The number of carbonyl (C=O) groups excluding carboxylic acids is 1. The van der Waals surface area contributed by atoms with E-state index in [1.807, 2.05) is 25.7 Å². The Kier molecular flexibility index (Phi) is 3.73. The summed E-state index contributed by atoms with van der Waals surface area (Å²) < 4.78 is 0. The average molecular weight is 208 g/mol. The van der Waals surface area contributed by atoms with Crippen molar-refractivity contribution in [1.82, 2.24) is 4.90 Å². The van der Waals surface area contributed by atoms with Crippen molar-refractivity contribution >= 4 is 5.91 Å². The van der Waals surface area contributed by atoms with Gasteiger partial charge in [0.25, 0.3) is 0 Å². The molecule has 0 aromatic rings. The maximum absolute atomic E-state index is 11.9. The normalized spacial score (nSPS) is 18.7. The summed E-state index contributed by atoms with van der Waals surface area (Å²) in [6.07, 6.45) is 2.60. The molecule has 3 nitrogen and oxygen atoms in total. The molecule has 0 bridgehead atoms. The molecule has 0 aromatic heterocycles. The van der Waals surface area contributed by atoms with Gasteiger partial charge in [0, 0.05) is 24.9 Å². The van der Waals surface area contributed by atoms with Crippen LogP contribution in [0, 0.1) is 22.7 Å². The number of hydrogen-bond donors (Lipinski definition) is 0. The van der Waals surface area contributed by atoms with Crippen LogP contribution in [0.3, 0.4) is 0 Å². The first kappa shape index (κ1) is 12.0. The molecule has 0 radical (unpaired) electrons. The van der Waals surface area contributed by atoms with Crippen molar-refractivity contribution in [3.63, 3.8) is 0 Å². The molecule has 84 valence electrons. The average Bonchev–Trinajstić information content (AvgIpc) is 2.17. The molecule has 1 fully saturated rings. The van der Waals surface area contributed by atoms with Crippen LogP contribution in [0.2, 0.25) is 0 Å². The highest BCUT2D eigenvalue weighted by Gasteiger charge is 2.29. The van der Waals surface area contributed by atoms with Gasteiger partial charge in [0.1, 0.15) is 0 Å². The van der Waals surface area contributed by atoms with Gasteiger partial charge in [0.2, 0.25) is 5.91 Å². The van der Waals surface area contributed by atoms with Crippen molar-refractivity contribution in [3.8, 4) is 6.07 Å². The van der Waals surface area contributed by atoms with E-state index in [4.69, 9.17) is 5.26 Å². The predicted octanol–water partition coefficient (Wildman–Crippen LogP) is 2.18. The monoisotopic (exact) mass is 208 g/mol. The second kappa shape index (κ2) is 4.65. The number of rotatable bonds is 1. The van der Waals surface area contributed by atoms with Gasteiger partial charge < -0.3 is 4.90 Å². The SMILES string of the molecule is CC(C)(C)C(=O)N1CCC(CC#N)CC1. The minimum atomic E-state index is -0.276. The fraction of sp³-hybridized carbons (Fsp3) is 0.833. The van der Waals surface area contributed by atoms with Gasteiger partial charge >= 0.3 is 0 Å². The maximum Gasteiger partial charge on any atom is 0.227 e. The fourth-order valence-corrected chi connectivity index (χ4v) is 1.94. The van der Waals surface area contributed by atoms with Gasteiger partial charge in [-0.1, -0.05) is 20.8 Å². The molecular formula is C12H20N2O. The highest BCUT2D eigenvalue weighted by atomic mass is 16.2. The molecule has 1 rings (SSSR count). The number of amides is 1. The van der Waals surface area contributed by atoms with E-state index < -0.39 is 0 Å². The highest BCUT2D eigenvalue weighted by Crippen LogP contribution is 2.24. The summed E-state index contributed by atoms with van der Waals surface area (Å²) in [4.78, 5) is 13.9. The molecular weight excluding hydrogens is 188 g/mol. The molecule has 3 heteroatoms. The van der Waals surface area contributed by atoms with Crippen molar-refractivity contribution < 1.29 is 4.79 Å². The van der Waals surface area contributed by atoms with Crippen LogP contribution in [-0.4, -0.2) is 23.9 Å². The van der Waals surface area contributed by atoms with Gasteiger partial charge in [-0.15, -0.1) is 0 Å². The zero-order valence-corrected chi connectivity index (χ0v) is 9.92. The number of piperidine rings is 1. The second-order valence-corrected chi connectivity index (χ2v) is 5.35. The molecule has 0 aliphatic carbocycles. The number of carbonyl (C=O) groups is 1. The van der Waals surface area contributed by atoms with E-state index in [1.165, 1.54) is 0 Å². The lowest BCUT2D eigenvalue weighted by Gasteiger charge is -2.35. The Balaban J connectivity index is 2.45. The van der Waals surface area contributed by atoms with Crippen LogP contribution in [0.1, 0.15) is 40.0 Å².